The van der Waals surface area contributed by atoms with Crippen molar-refractivity contribution in [2.24, 2.45) is 0 Å². The van der Waals surface area contributed by atoms with Gasteiger partial charge in [-0.1, -0.05) is 66.9 Å². The molecule has 3 aromatic rings. The van der Waals surface area contributed by atoms with Crippen LogP contribution < -0.4 is 0 Å². The Labute approximate surface area is 230 Å². The Bertz CT molecular complexity index is 1360. The maximum atomic E-state index is 14.3. The van der Waals surface area contributed by atoms with Crippen molar-refractivity contribution in [1.82, 2.24) is 4.90 Å². The summed E-state index contributed by atoms with van der Waals surface area (Å²) in [6, 6.07) is 17.8. The molecule has 4 rings (SSSR count). The molecule has 0 radical (unpaired) electrons. The van der Waals surface area contributed by atoms with Crippen molar-refractivity contribution in [3.8, 4) is 6.07 Å². The van der Waals surface area contributed by atoms with E-state index in [1.54, 1.807) is 60.7 Å². The lowest BCUT2D eigenvalue weighted by Gasteiger charge is -2.47. The van der Waals surface area contributed by atoms with E-state index in [0.29, 0.717) is 33.2 Å². The van der Waals surface area contributed by atoms with Gasteiger partial charge < -0.3 is 14.7 Å². The molecule has 38 heavy (non-hydrogen) atoms. The number of nitriles is 1. The minimum Gasteiger partial charge on any atom is -0.480 e. The number of ether oxygens (including phenoxy) is 1. The maximum absolute atomic E-state index is 14.3. The molecule has 0 bridgehead atoms. The van der Waals surface area contributed by atoms with Crippen LogP contribution in [-0.2, 0) is 20.7 Å². The highest BCUT2D eigenvalue weighted by molar-refractivity contribution is 6.30. The van der Waals surface area contributed by atoms with Gasteiger partial charge in [0.1, 0.15) is 30.1 Å². The standard InChI is InChI=1S/C29H25Cl2FN2O4/c1-2-3-24(29(36)37)34-26(18-6-10-21(30)11-7-18)27(19-8-12-22(31)13-9-19)38-25(28(34)35)15-17-4-5-20(16-33)23(32)14-17/h4-14,24-27H,2-3,15H2,1H3,(H,36,37)/t24-,25+,26-,27+/m1/s1. The van der Waals surface area contributed by atoms with Gasteiger partial charge in [-0.25, -0.2) is 9.18 Å². The zero-order valence-electron chi connectivity index (χ0n) is 20.5. The summed E-state index contributed by atoms with van der Waals surface area (Å²) in [4.78, 5) is 27.9. The molecule has 0 saturated carbocycles. The van der Waals surface area contributed by atoms with Crippen LogP contribution in [0, 0.1) is 17.1 Å². The van der Waals surface area contributed by atoms with Crippen LogP contribution in [0.25, 0.3) is 0 Å². The normalized spacial score (nSPS) is 20.1. The van der Waals surface area contributed by atoms with Crippen LogP contribution >= 0.6 is 23.2 Å². The van der Waals surface area contributed by atoms with Gasteiger partial charge in [-0.15, -0.1) is 0 Å². The Morgan fingerprint density at radius 1 is 1.08 bits per heavy atom. The number of carboxylic acid groups (broad SMARTS) is 1. The molecule has 0 aliphatic carbocycles. The third-order valence-electron chi connectivity index (χ3n) is 6.60. The highest BCUT2D eigenvalue weighted by Crippen LogP contribution is 2.44. The molecular weight excluding hydrogens is 530 g/mol. The molecule has 1 amide bonds. The van der Waals surface area contributed by atoms with E-state index in [4.69, 9.17) is 33.2 Å². The van der Waals surface area contributed by atoms with Gasteiger partial charge in [-0.3, -0.25) is 4.79 Å². The summed E-state index contributed by atoms with van der Waals surface area (Å²) in [5, 5.41) is 20.3. The number of benzene rings is 3. The molecule has 0 unspecified atom stereocenters. The van der Waals surface area contributed by atoms with Crippen LogP contribution in [0.2, 0.25) is 10.0 Å². The zero-order valence-corrected chi connectivity index (χ0v) is 22.0. The molecule has 0 spiro atoms. The number of carboxylic acids is 1. The average Bonchev–Trinajstić information content (AvgIpc) is 2.89. The van der Waals surface area contributed by atoms with Crippen molar-refractivity contribution in [3.63, 3.8) is 0 Å². The fraction of sp³-hybridized carbons (Fsp3) is 0.276. The van der Waals surface area contributed by atoms with Crippen molar-refractivity contribution >= 4 is 35.1 Å². The van der Waals surface area contributed by atoms with Gasteiger partial charge >= 0.3 is 5.97 Å². The largest absolute Gasteiger partial charge is 0.480 e. The van der Waals surface area contributed by atoms with E-state index >= 15 is 0 Å². The first-order chi connectivity index (χ1) is 18.2. The first-order valence-electron chi connectivity index (χ1n) is 12.1. The molecule has 1 aliphatic heterocycles. The van der Waals surface area contributed by atoms with Gasteiger partial charge in [0.25, 0.3) is 5.91 Å². The summed E-state index contributed by atoms with van der Waals surface area (Å²) < 4.78 is 20.8. The monoisotopic (exact) mass is 554 g/mol. The van der Waals surface area contributed by atoms with E-state index in [-0.39, 0.29) is 18.4 Å². The Morgan fingerprint density at radius 2 is 1.68 bits per heavy atom. The molecule has 9 heteroatoms. The summed E-state index contributed by atoms with van der Waals surface area (Å²) in [5.74, 6) is -2.34. The van der Waals surface area contributed by atoms with Crippen LogP contribution in [0.15, 0.2) is 66.7 Å². The molecule has 6 nitrogen and oxygen atoms in total. The number of hydrogen-bond donors (Lipinski definition) is 1. The molecule has 1 heterocycles. The van der Waals surface area contributed by atoms with Crippen molar-refractivity contribution < 1.29 is 23.8 Å². The second-order valence-corrected chi connectivity index (χ2v) is 9.98. The van der Waals surface area contributed by atoms with Crippen molar-refractivity contribution in [3.05, 3.63) is 105 Å². The molecule has 0 aromatic heterocycles. The fourth-order valence-electron chi connectivity index (χ4n) is 4.80. The highest BCUT2D eigenvalue weighted by Gasteiger charge is 2.48. The minimum absolute atomic E-state index is 0.00610. The molecule has 1 N–H and O–H groups in total. The fourth-order valence-corrected chi connectivity index (χ4v) is 5.05. The lowest BCUT2D eigenvalue weighted by molar-refractivity contribution is -0.184. The predicted molar refractivity (Wildman–Crippen MR) is 141 cm³/mol. The van der Waals surface area contributed by atoms with E-state index in [2.05, 4.69) is 0 Å². The van der Waals surface area contributed by atoms with Gasteiger partial charge in [0.05, 0.1) is 11.6 Å². The summed E-state index contributed by atoms with van der Waals surface area (Å²) in [6.07, 6.45) is -1.08. The van der Waals surface area contributed by atoms with E-state index in [1.807, 2.05) is 6.92 Å². The SMILES string of the molecule is CCC[C@H](C(=O)O)N1C(=O)[C@H](Cc2ccc(C#N)c(F)c2)O[C@@H](c2ccc(Cl)cc2)[C@H]1c1ccc(Cl)cc1. The number of carbonyl (C=O) groups excluding carboxylic acids is 1. The highest BCUT2D eigenvalue weighted by atomic mass is 35.5. The van der Waals surface area contributed by atoms with E-state index in [9.17, 15) is 19.1 Å². The third-order valence-corrected chi connectivity index (χ3v) is 7.10. The molecular formula is C29H25Cl2FN2O4. The van der Waals surface area contributed by atoms with Gasteiger partial charge in [-0.05, 0) is 59.5 Å². The van der Waals surface area contributed by atoms with Gasteiger partial charge in [0.15, 0.2) is 0 Å². The summed E-state index contributed by atoms with van der Waals surface area (Å²) >= 11 is 12.3. The van der Waals surface area contributed by atoms with E-state index < -0.39 is 42.0 Å². The number of rotatable bonds is 8. The van der Waals surface area contributed by atoms with Gasteiger partial charge in [0, 0.05) is 16.5 Å². The van der Waals surface area contributed by atoms with Crippen molar-refractivity contribution in [2.45, 2.75) is 50.5 Å². The number of amides is 1. The summed E-state index contributed by atoms with van der Waals surface area (Å²) in [5.41, 5.74) is 1.69. The molecule has 4 atom stereocenters. The molecule has 1 saturated heterocycles. The average molecular weight is 555 g/mol. The Kier molecular flexibility index (Phi) is 8.68. The molecule has 3 aromatic carbocycles. The number of carbonyl (C=O) groups is 2. The second kappa shape index (κ2) is 12.0. The summed E-state index contributed by atoms with van der Waals surface area (Å²) in [7, 11) is 0. The van der Waals surface area contributed by atoms with Gasteiger partial charge in [0.2, 0.25) is 0 Å². The molecule has 1 fully saturated rings. The molecule has 196 valence electrons. The predicted octanol–water partition coefficient (Wildman–Crippen LogP) is 6.51. The minimum atomic E-state index is -1.13. The molecule has 1 aliphatic rings. The second-order valence-electron chi connectivity index (χ2n) is 9.11. The number of hydrogen-bond acceptors (Lipinski definition) is 4. The first kappa shape index (κ1) is 27.6. The summed E-state index contributed by atoms with van der Waals surface area (Å²) in [6.45, 7) is 1.85. The van der Waals surface area contributed by atoms with Crippen LogP contribution in [-0.4, -0.2) is 34.0 Å². The lowest BCUT2D eigenvalue weighted by atomic mass is 9.88. The number of morpholine rings is 1. The van der Waals surface area contributed by atoms with E-state index in [0.717, 1.165) is 0 Å². The lowest BCUT2D eigenvalue weighted by Crippen LogP contribution is -2.57. The van der Waals surface area contributed by atoms with Crippen molar-refractivity contribution in [2.75, 3.05) is 0 Å². The Balaban J connectivity index is 1.84. The zero-order chi connectivity index (χ0) is 27.4. The smallest absolute Gasteiger partial charge is 0.326 e. The Morgan fingerprint density at radius 3 is 2.21 bits per heavy atom. The number of aliphatic carboxylic acids is 1. The Hall–Kier alpha value is -3.44. The quantitative estimate of drug-likeness (QED) is 0.342. The van der Waals surface area contributed by atoms with Crippen LogP contribution in [0.3, 0.4) is 0 Å². The van der Waals surface area contributed by atoms with Crippen molar-refractivity contribution in [1.29, 1.82) is 5.26 Å². The van der Waals surface area contributed by atoms with Gasteiger partial charge in [-0.2, -0.15) is 5.26 Å². The van der Waals surface area contributed by atoms with Crippen LogP contribution in [0.4, 0.5) is 4.39 Å². The first-order valence-corrected chi connectivity index (χ1v) is 12.9. The maximum Gasteiger partial charge on any atom is 0.326 e. The number of nitrogens with zero attached hydrogens (tertiary/aromatic N) is 2. The van der Waals surface area contributed by atoms with E-state index in [1.165, 1.54) is 17.0 Å². The topological polar surface area (TPSA) is 90.6 Å². The van der Waals surface area contributed by atoms with Crippen LogP contribution in [0.5, 0.6) is 0 Å². The third kappa shape index (κ3) is 5.83. The van der Waals surface area contributed by atoms with Crippen LogP contribution in [0.1, 0.15) is 54.2 Å². The number of halogens is 3.